The number of aromatic nitrogens is 1. The molecule has 1 aromatic carbocycles. The third kappa shape index (κ3) is 2.27. The number of likely N-dealkylation sites (tertiary alicyclic amines) is 1. The lowest BCUT2D eigenvalue weighted by Gasteiger charge is -2.44. The number of likely N-dealkylation sites (N-methyl/N-ethyl adjacent to an activating group) is 1. The van der Waals surface area contributed by atoms with E-state index < -0.39 is 5.97 Å². The first-order valence-corrected chi connectivity index (χ1v) is 8.83. The smallest absolute Gasteiger partial charge is 0.307 e. The molecule has 1 saturated heterocycles. The minimum Gasteiger partial charge on any atom is -0.481 e. The van der Waals surface area contributed by atoms with Crippen molar-refractivity contribution >= 4 is 16.9 Å². The molecule has 1 fully saturated rings. The SMILES string of the molecule is CN1C[C@H](C(=O)O)CC2c3cc(C(C)(C)C)cc4[nH]cc(c34)C[C@H]21. The Kier molecular flexibility index (Phi) is 3.33. The van der Waals surface area contributed by atoms with Crippen molar-refractivity contribution in [3.05, 3.63) is 35.0 Å². The third-order valence-corrected chi connectivity index (χ3v) is 6.01. The fraction of sp³-hybridized carbons (Fsp3) is 0.550. The molecular formula is C20H26N2O2. The van der Waals surface area contributed by atoms with E-state index in [2.05, 4.69) is 56.0 Å². The molecule has 0 amide bonds. The lowest BCUT2D eigenvalue weighted by atomic mass is 9.71. The summed E-state index contributed by atoms with van der Waals surface area (Å²) in [6, 6.07) is 5.01. The maximum atomic E-state index is 11.6. The molecule has 1 aliphatic heterocycles. The number of carboxylic acids is 1. The van der Waals surface area contributed by atoms with E-state index in [1.54, 1.807) is 0 Å². The molecule has 128 valence electrons. The number of carboxylic acid groups (broad SMARTS) is 1. The summed E-state index contributed by atoms with van der Waals surface area (Å²) in [5.74, 6) is -0.633. The molecule has 3 atom stereocenters. The van der Waals surface area contributed by atoms with E-state index in [4.69, 9.17) is 0 Å². The van der Waals surface area contributed by atoms with Crippen LogP contribution in [-0.2, 0) is 16.6 Å². The third-order valence-electron chi connectivity index (χ3n) is 6.01. The first-order valence-electron chi connectivity index (χ1n) is 8.83. The Balaban J connectivity index is 1.89. The van der Waals surface area contributed by atoms with Crippen LogP contribution in [0.4, 0.5) is 0 Å². The summed E-state index contributed by atoms with van der Waals surface area (Å²) >= 11 is 0. The number of hydrogen-bond donors (Lipinski definition) is 2. The standard InChI is InChI=1S/C20H26N2O2/c1-20(2,3)13-7-15-14-5-12(19(23)24)10-22(4)17(14)6-11-9-21-16(8-13)18(11)15/h7-9,12,14,17,21H,5-6,10H2,1-4H3,(H,23,24)/t12-,14?,17-/m1/s1. The summed E-state index contributed by atoms with van der Waals surface area (Å²) in [7, 11) is 2.08. The topological polar surface area (TPSA) is 56.3 Å². The molecule has 0 saturated carbocycles. The molecule has 2 aliphatic rings. The first kappa shape index (κ1) is 15.7. The minimum absolute atomic E-state index is 0.0790. The van der Waals surface area contributed by atoms with Gasteiger partial charge in [0.1, 0.15) is 0 Å². The Labute approximate surface area is 142 Å². The van der Waals surface area contributed by atoms with E-state index in [0.717, 1.165) is 12.8 Å². The van der Waals surface area contributed by atoms with Gasteiger partial charge < -0.3 is 15.0 Å². The van der Waals surface area contributed by atoms with Crippen molar-refractivity contribution in [3.8, 4) is 0 Å². The summed E-state index contributed by atoms with van der Waals surface area (Å²) in [4.78, 5) is 17.3. The molecule has 4 nitrogen and oxygen atoms in total. The highest BCUT2D eigenvalue weighted by Crippen LogP contribution is 2.45. The van der Waals surface area contributed by atoms with Gasteiger partial charge in [-0.25, -0.2) is 0 Å². The zero-order valence-corrected chi connectivity index (χ0v) is 14.9. The normalized spacial score (nSPS) is 27.2. The molecule has 0 radical (unpaired) electrons. The number of aromatic amines is 1. The van der Waals surface area contributed by atoms with Crippen molar-refractivity contribution in [2.75, 3.05) is 13.6 Å². The Morgan fingerprint density at radius 1 is 1.33 bits per heavy atom. The van der Waals surface area contributed by atoms with Crippen LogP contribution in [0.3, 0.4) is 0 Å². The second kappa shape index (κ2) is 5.09. The van der Waals surface area contributed by atoms with Gasteiger partial charge in [0, 0.05) is 35.6 Å². The number of H-pyrrole nitrogens is 1. The number of benzene rings is 1. The van der Waals surface area contributed by atoms with Crippen LogP contribution in [0, 0.1) is 5.92 Å². The largest absolute Gasteiger partial charge is 0.481 e. The Morgan fingerprint density at radius 3 is 2.75 bits per heavy atom. The maximum absolute atomic E-state index is 11.6. The van der Waals surface area contributed by atoms with Gasteiger partial charge in [-0.1, -0.05) is 26.8 Å². The summed E-state index contributed by atoms with van der Waals surface area (Å²) in [6.07, 6.45) is 3.90. The van der Waals surface area contributed by atoms with Crippen molar-refractivity contribution < 1.29 is 9.90 Å². The number of nitrogens with one attached hydrogen (secondary N) is 1. The Morgan fingerprint density at radius 2 is 2.08 bits per heavy atom. The highest BCUT2D eigenvalue weighted by molar-refractivity contribution is 5.89. The van der Waals surface area contributed by atoms with Gasteiger partial charge in [0.15, 0.2) is 0 Å². The number of rotatable bonds is 1. The van der Waals surface area contributed by atoms with Gasteiger partial charge >= 0.3 is 5.97 Å². The van der Waals surface area contributed by atoms with Gasteiger partial charge in [-0.3, -0.25) is 4.79 Å². The summed E-state index contributed by atoms with van der Waals surface area (Å²) in [5, 5.41) is 10.9. The van der Waals surface area contributed by atoms with Crippen LogP contribution >= 0.6 is 0 Å². The number of fused-ring (bicyclic) bond motifs is 2. The molecule has 24 heavy (non-hydrogen) atoms. The molecule has 1 unspecified atom stereocenters. The Hall–Kier alpha value is -1.81. The average molecular weight is 326 g/mol. The predicted molar refractivity (Wildman–Crippen MR) is 95.6 cm³/mol. The van der Waals surface area contributed by atoms with Crippen LogP contribution in [0.1, 0.15) is 49.8 Å². The second-order valence-corrected chi connectivity index (χ2v) is 8.64. The lowest BCUT2D eigenvalue weighted by molar-refractivity contribution is -0.144. The van der Waals surface area contributed by atoms with Crippen molar-refractivity contribution in [1.82, 2.24) is 9.88 Å². The molecule has 4 rings (SSSR count). The fourth-order valence-corrected chi connectivity index (χ4v) is 4.63. The number of nitrogens with zero attached hydrogens (tertiary/aromatic N) is 1. The van der Waals surface area contributed by atoms with Crippen LogP contribution in [0.25, 0.3) is 10.9 Å². The van der Waals surface area contributed by atoms with Crippen molar-refractivity contribution in [2.24, 2.45) is 5.92 Å². The number of carbonyl (C=O) groups is 1. The van der Waals surface area contributed by atoms with Crippen molar-refractivity contribution in [2.45, 2.75) is 51.0 Å². The van der Waals surface area contributed by atoms with Crippen LogP contribution in [0.5, 0.6) is 0 Å². The second-order valence-electron chi connectivity index (χ2n) is 8.64. The fourth-order valence-electron chi connectivity index (χ4n) is 4.63. The van der Waals surface area contributed by atoms with Gasteiger partial charge in [-0.05, 0) is 48.1 Å². The highest BCUT2D eigenvalue weighted by atomic mass is 16.4. The minimum atomic E-state index is -0.664. The van der Waals surface area contributed by atoms with Crippen LogP contribution in [0.15, 0.2) is 18.3 Å². The molecule has 2 aromatic rings. The number of hydrogen-bond acceptors (Lipinski definition) is 2. The first-order chi connectivity index (χ1) is 11.3. The molecular weight excluding hydrogens is 300 g/mol. The predicted octanol–water partition coefficient (Wildman–Crippen LogP) is 3.51. The van der Waals surface area contributed by atoms with E-state index in [9.17, 15) is 9.90 Å². The zero-order chi connectivity index (χ0) is 17.2. The van der Waals surface area contributed by atoms with E-state index in [1.165, 1.54) is 27.6 Å². The van der Waals surface area contributed by atoms with Crippen LogP contribution in [-0.4, -0.2) is 40.6 Å². The number of piperidine rings is 1. The average Bonchev–Trinajstić information content (AvgIpc) is 2.91. The maximum Gasteiger partial charge on any atom is 0.307 e. The molecule has 0 bridgehead atoms. The van der Waals surface area contributed by atoms with Gasteiger partial charge in [-0.2, -0.15) is 0 Å². The van der Waals surface area contributed by atoms with Crippen LogP contribution in [0.2, 0.25) is 0 Å². The van der Waals surface area contributed by atoms with Crippen molar-refractivity contribution in [1.29, 1.82) is 0 Å². The van der Waals surface area contributed by atoms with E-state index in [1.807, 2.05) is 0 Å². The van der Waals surface area contributed by atoms with E-state index in [-0.39, 0.29) is 11.3 Å². The lowest BCUT2D eigenvalue weighted by Crippen LogP contribution is -2.49. The quantitative estimate of drug-likeness (QED) is 0.843. The van der Waals surface area contributed by atoms with Gasteiger partial charge in [0.05, 0.1) is 5.92 Å². The van der Waals surface area contributed by atoms with Gasteiger partial charge in [0.2, 0.25) is 0 Å². The molecule has 2 N–H and O–H groups in total. The molecule has 2 heterocycles. The molecule has 4 heteroatoms. The van der Waals surface area contributed by atoms with Gasteiger partial charge in [-0.15, -0.1) is 0 Å². The summed E-state index contributed by atoms with van der Waals surface area (Å²) in [5.41, 5.74) is 5.32. The van der Waals surface area contributed by atoms with Crippen molar-refractivity contribution in [3.63, 3.8) is 0 Å². The summed E-state index contributed by atoms with van der Waals surface area (Å²) < 4.78 is 0. The molecule has 1 aromatic heterocycles. The molecule has 1 aliphatic carbocycles. The zero-order valence-electron chi connectivity index (χ0n) is 14.9. The Bertz CT molecular complexity index is 815. The van der Waals surface area contributed by atoms with E-state index in [0.29, 0.717) is 18.5 Å². The summed E-state index contributed by atoms with van der Waals surface area (Å²) in [6.45, 7) is 7.35. The van der Waals surface area contributed by atoms with Gasteiger partial charge in [0.25, 0.3) is 0 Å². The highest BCUT2D eigenvalue weighted by Gasteiger charge is 2.41. The monoisotopic (exact) mass is 326 g/mol. The number of aliphatic carboxylic acids is 1. The van der Waals surface area contributed by atoms with Crippen LogP contribution < -0.4 is 0 Å². The van der Waals surface area contributed by atoms with E-state index >= 15 is 0 Å². The molecule has 0 spiro atoms.